The van der Waals surface area contributed by atoms with E-state index < -0.39 is 11.9 Å². The van der Waals surface area contributed by atoms with Crippen LogP contribution in [0.15, 0.2) is 30.3 Å². The van der Waals surface area contributed by atoms with Gasteiger partial charge in [0.25, 0.3) is 11.9 Å². The van der Waals surface area contributed by atoms with Gasteiger partial charge in [-0.25, -0.2) is 0 Å². The van der Waals surface area contributed by atoms with Crippen molar-refractivity contribution in [3.63, 3.8) is 0 Å². The zero-order chi connectivity index (χ0) is 23.0. The van der Waals surface area contributed by atoms with Gasteiger partial charge in [-0.15, -0.1) is 0 Å². The average molecular weight is 420 g/mol. The van der Waals surface area contributed by atoms with E-state index in [4.69, 9.17) is 34.0 Å². The Bertz CT molecular complexity index is 1040. The summed E-state index contributed by atoms with van der Waals surface area (Å²) in [7, 11) is 4.64. The number of methoxy groups -OCH3 is 3. The molecule has 3 rings (SSSR count). The van der Waals surface area contributed by atoms with Crippen molar-refractivity contribution in [3.05, 3.63) is 30.3 Å². The van der Waals surface area contributed by atoms with Gasteiger partial charge in [0.1, 0.15) is 11.5 Å². The van der Waals surface area contributed by atoms with Crippen molar-refractivity contribution in [2.45, 2.75) is 13.8 Å². The fourth-order valence-electron chi connectivity index (χ4n) is 2.75. The molecule has 0 atom stereocenters. The third-order valence-corrected chi connectivity index (χ3v) is 3.70. The summed E-state index contributed by atoms with van der Waals surface area (Å²) in [5, 5.41) is 37.5. The van der Waals surface area contributed by atoms with E-state index in [9.17, 15) is 10.2 Å². The predicted molar refractivity (Wildman–Crippen MR) is 111 cm³/mol. The van der Waals surface area contributed by atoms with Gasteiger partial charge in [-0.1, -0.05) is 0 Å². The van der Waals surface area contributed by atoms with Crippen LogP contribution >= 0.6 is 0 Å². The molecule has 3 aromatic rings. The van der Waals surface area contributed by atoms with Crippen molar-refractivity contribution in [2.24, 2.45) is 0 Å². The summed E-state index contributed by atoms with van der Waals surface area (Å²) >= 11 is 0. The highest BCUT2D eigenvalue weighted by atomic mass is 16.5. The Kier molecular flexibility index (Phi) is 8.54. The van der Waals surface area contributed by atoms with E-state index in [0.717, 1.165) is 30.0 Å². The molecule has 9 nitrogen and oxygen atoms in total. The van der Waals surface area contributed by atoms with Crippen LogP contribution in [0.2, 0.25) is 0 Å². The standard InChI is InChI=1S/C17H16O5.2C2H4O2/c1-20-14-7-9-6-13(19)12-8-10(18)4-5-11(12)15(9)17(22-3)16(14)21-2;2*1-2(3)4/h4-8,18-19H,1-3H3;2*1H3,(H,3,4). The number of phenols is 2. The molecule has 0 heterocycles. The third-order valence-electron chi connectivity index (χ3n) is 3.70. The molecule has 162 valence electrons. The number of carboxylic acids is 2. The lowest BCUT2D eigenvalue weighted by Gasteiger charge is -2.16. The number of carboxylic acid groups (broad SMARTS) is 2. The largest absolute Gasteiger partial charge is 0.508 e. The first-order chi connectivity index (χ1) is 14.1. The summed E-state index contributed by atoms with van der Waals surface area (Å²) in [4.78, 5) is 18.0. The van der Waals surface area contributed by atoms with E-state index in [2.05, 4.69) is 0 Å². The normalized spacial score (nSPS) is 9.63. The van der Waals surface area contributed by atoms with Gasteiger partial charge in [0, 0.05) is 24.6 Å². The predicted octanol–water partition coefficient (Wildman–Crippen LogP) is 3.61. The summed E-state index contributed by atoms with van der Waals surface area (Å²) in [6.07, 6.45) is 0. The van der Waals surface area contributed by atoms with Gasteiger partial charge in [-0.2, -0.15) is 0 Å². The highest BCUT2D eigenvalue weighted by Gasteiger charge is 2.19. The zero-order valence-corrected chi connectivity index (χ0v) is 17.2. The van der Waals surface area contributed by atoms with Gasteiger partial charge < -0.3 is 34.6 Å². The van der Waals surface area contributed by atoms with Crippen molar-refractivity contribution in [3.8, 4) is 28.7 Å². The molecule has 30 heavy (non-hydrogen) atoms. The Morgan fingerprint density at radius 1 is 0.767 bits per heavy atom. The molecule has 0 radical (unpaired) electrons. The maximum absolute atomic E-state index is 10.2. The molecule has 0 aromatic heterocycles. The number of fused-ring (bicyclic) bond motifs is 3. The summed E-state index contributed by atoms with van der Waals surface area (Å²) in [5.41, 5.74) is 0. The van der Waals surface area contributed by atoms with Crippen LogP contribution in [0.3, 0.4) is 0 Å². The maximum Gasteiger partial charge on any atom is 0.300 e. The van der Waals surface area contributed by atoms with E-state index in [-0.39, 0.29) is 11.5 Å². The number of rotatable bonds is 3. The second-order valence-corrected chi connectivity index (χ2v) is 5.91. The van der Waals surface area contributed by atoms with E-state index in [1.54, 1.807) is 45.6 Å². The summed E-state index contributed by atoms with van der Waals surface area (Å²) in [5.74, 6) is 0.0174. The Morgan fingerprint density at radius 3 is 1.77 bits per heavy atom. The highest BCUT2D eigenvalue weighted by molar-refractivity contribution is 6.14. The number of ether oxygens (including phenoxy) is 3. The minimum atomic E-state index is -0.833. The van der Waals surface area contributed by atoms with Gasteiger partial charge >= 0.3 is 0 Å². The summed E-state index contributed by atoms with van der Waals surface area (Å²) < 4.78 is 16.3. The van der Waals surface area contributed by atoms with Gasteiger partial charge in [-0.3, -0.25) is 9.59 Å². The number of hydrogen-bond donors (Lipinski definition) is 4. The lowest BCUT2D eigenvalue weighted by Crippen LogP contribution is -1.96. The Balaban J connectivity index is 0.000000485. The maximum atomic E-state index is 10.2. The van der Waals surface area contributed by atoms with Crippen LogP contribution in [-0.2, 0) is 9.59 Å². The molecule has 0 amide bonds. The number of aliphatic carboxylic acids is 2. The quantitative estimate of drug-likeness (QED) is 0.467. The molecule has 0 bridgehead atoms. The second-order valence-electron chi connectivity index (χ2n) is 5.91. The third kappa shape index (κ3) is 5.81. The number of aromatic hydroxyl groups is 2. The number of phenolic OH excluding ortho intramolecular Hbond substituents is 2. The van der Waals surface area contributed by atoms with Gasteiger partial charge in [0.15, 0.2) is 11.5 Å². The Morgan fingerprint density at radius 2 is 1.30 bits per heavy atom. The monoisotopic (exact) mass is 420 g/mol. The van der Waals surface area contributed by atoms with E-state index in [0.29, 0.717) is 22.6 Å². The van der Waals surface area contributed by atoms with Crippen LogP contribution < -0.4 is 14.2 Å². The molecule has 0 unspecified atom stereocenters. The van der Waals surface area contributed by atoms with Crippen molar-refractivity contribution in [2.75, 3.05) is 21.3 Å². The molecule has 0 aliphatic rings. The second kappa shape index (κ2) is 10.6. The van der Waals surface area contributed by atoms with Gasteiger partial charge in [0.2, 0.25) is 5.75 Å². The molecular weight excluding hydrogens is 396 g/mol. The molecule has 0 aliphatic heterocycles. The molecule has 0 saturated heterocycles. The number of hydrogen-bond acceptors (Lipinski definition) is 7. The minimum absolute atomic E-state index is 0.0765. The first-order valence-electron chi connectivity index (χ1n) is 8.53. The topological polar surface area (TPSA) is 143 Å². The summed E-state index contributed by atoms with van der Waals surface area (Å²) in [6, 6.07) is 8.21. The zero-order valence-electron chi connectivity index (χ0n) is 17.2. The van der Waals surface area contributed by atoms with Crippen LogP contribution in [0.4, 0.5) is 0 Å². The smallest absolute Gasteiger partial charge is 0.300 e. The van der Waals surface area contributed by atoms with Crippen LogP contribution in [0.1, 0.15) is 13.8 Å². The van der Waals surface area contributed by atoms with Crippen molar-refractivity contribution in [1.29, 1.82) is 0 Å². The van der Waals surface area contributed by atoms with Crippen molar-refractivity contribution in [1.82, 2.24) is 0 Å². The van der Waals surface area contributed by atoms with E-state index >= 15 is 0 Å². The van der Waals surface area contributed by atoms with Gasteiger partial charge in [0.05, 0.1) is 21.3 Å². The van der Waals surface area contributed by atoms with Crippen molar-refractivity contribution < 1.29 is 44.2 Å². The molecule has 4 N–H and O–H groups in total. The fourth-order valence-corrected chi connectivity index (χ4v) is 2.75. The molecule has 0 fully saturated rings. The number of benzene rings is 3. The average Bonchev–Trinajstić information content (AvgIpc) is 2.65. The first kappa shape index (κ1) is 24.2. The van der Waals surface area contributed by atoms with Gasteiger partial charge in [-0.05, 0) is 41.1 Å². The number of carbonyl (C=O) groups is 2. The van der Waals surface area contributed by atoms with Crippen LogP contribution in [0.25, 0.3) is 21.5 Å². The van der Waals surface area contributed by atoms with E-state index in [1.807, 2.05) is 0 Å². The molecule has 9 heteroatoms. The molecule has 0 saturated carbocycles. The minimum Gasteiger partial charge on any atom is -0.508 e. The van der Waals surface area contributed by atoms with Crippen molar-refractivity contribution >= 4 is 33.5 Å². The van der Waals surface area contributed by atoms with E-state index in [1.165, 1.54) is 6.07 Å². The fraction of sp³-hybridized carbons (Fsp3) is 0.238. The SMILES string of the molecule is CC(=O)O.CC(=O)O.COc1cc2cc(O)c3cc(O)ccc3c2c(OC)c1OC. The lowest BCUT2D eigenvalue weighted by molar-refractivity contribution is -0.135. The Hall–Kier alpha value is -3.88. The molecule has 0 spiro atoms. The highest BCUT2D eigenvalue weighted by Crippen LogP contribution is 2.47. The molecule has 0 aliphatic carbocycles. The first-order valence-corrected chi connectivity index (χ1v) is 8.53. The lowest BCUT2D eigenvalue weighted by atomic mass is 9.99. The van der Waals surface area contributed by atoms with Crippen LogP contribution in [0, 0.1) is 0 Å². The Labute approximate surface area is 172 Å². The molecular formula is C21H24O9. The van der Waals surface area contributed by atoms with Crippen LogP contribution in [-0.4, -0.2) is 53.7 Å². The summed E-state index contributed by atoms with van der Waals surface area (Å²) in [6.45, 7) is 2.17. The molecule has 3 aromatic carbocycles. The van der Waals surface area contributed by atoms with Crippen LogP contribution in [0.5, 0.6) is 28.7 Å².